The third-order valence-electron chi connectivity index (χ3n) is 4.43. The van der Waals surface area contributed by atoms with Crippen LogP contribution in [0.25, 0.3) is 10.8 Å². The summed E-state index contributed by atoms with van der Waals surface area (Å²) < 4.78 is 33.1. The van der Waals surface area contributed by atoms with Gasteiger partial charge in [-0.3, -0.25) is 4.79 Å². The molecule has 1 amide bonds. The summed E-state index contributed by atoms with van der Waals surface area (Å²) >= 11 is 0. The molecule has 3 rings (SSSR count). The maximum atomic E-state index is 12.5. The summed E-state index contributed by atoms with van der Waals surface area (Å²) in [6.45, 7) is 5.02. The first-order valence-electron chi connectivity index (χ1n) is 8.77. The molecule has 2 atom stereocenters. The number of amides is 1. The fourth-order valence-electron chi connectivity index (χ4n) is 3.25. The molecule has 2 aromatic carbocycles. The molecule has 1 N–H and O–H groups in total. The molecular formula is C19H24N2O4S. The molecule has 140 valence electrons. The van der Waals surface area contributed by atoms with Crippen molar-refractivity contribution in [2.75, 3.05) is 19.6 Å². The molecular weight excluding hydrogens is 352 g/mol. The molecule has 7 heteroatoms. The molecule has 1 fully saturated rings. The highest BCUT2D eigenvalue weighted by molar-refractivity contribution is 7.89. The Balaban J connectivity index is 1.60. The van der Waals surface area contributed by atoms with Gasteiger partial charge in [0.1, 0.15) is 0 Å². The molecule has 2 unspecified atom stereocenters. The second kappa shape index (κ2) is 7.73. The van der Waals surface area contributed by atoms with Gasteiger partial charge >= 0.3 is 0 Å². The van der Waals surface area contributed by atoms with Gasteiger partial charge in [0.25, 0.3) is 0 Å². The van der Waals surface area contributed by atoms with Gasteiger partial charge in [0.2, 0.25) is 15.9 Å². The fraction of sp³-hybridized carbons (Fsp3) is 0.421. The Morgan fingerprint density at radius 1 is 1.12 bits per heavy atom. The van der Waals surface area contributed by atoms with Crippen molar-refractivity contribution >= 4 is 26.7 Å². The predicted octanol–water partition coefficient (Wildman–Crippen LogP) is 2.14. The standard InChI is InChI=1S/C19H24N2O4S/c1-14-12-21(13-15(2)25-14)19(22)9-10-20-26(23,24)18-8-7-16-5-3-4-6-17(16)11-18/h3-8,11,14-15,20H,9-10,12-13H2,1-2H3. The monoisotopic (exact) mass is 376 g/mol. The van der Waals surface area contributed by atoms with Crippen molar-refractivity contribution in [3.8, 4) is 0 Å². The third kappa shape index (κ3) is 4.41. The number of fused-ring (bicyclic) bond motifs is 1. The number of hydrogen-bond acceptors (Lipinski definition) is 4. The number of hydrogen-bond donors (Lipinski definition) is 1. The Hall–Kier alpha value is -1.96. The molecule has 0 bridgehead atoms. The molecule has 1 aliphatic rings. The van der Waals surface area contributed by atoms with Crippen LogP contribution < -0.4 is 4.72 Å². The van der Waals surface area contributed by atoms with E-state index in [0.717, 1.165) is 10.8 Å². The summed E-state index contributed by atoms with van der Waals surface area (Å²) in [5, 5.41) is 1.85. The molecule has 2 aromatic rings. The fourth-order valence-corrected chi connectivity index (χ4v) is 4.32. The lowest BCUT2D eigenvalue weighted by Gasteiger charge is -2.35. The summed E-state index contributed by atoms with van der Waals surface area (Å²) in [4.78, 5) is 14.3. The Morgan fingerprint density at radius 2 is 1.77 bits per heavy atom. The lowest BCUT2D eigenvalue weighted by Crippen LogP contribution is -2.48. The first-order chi connectivity index (χ1) is 12.3. The smallest absolute Gasteiger partial charge is 0.240 e. The molecule has 1 saturated heterocycles. The number of rotatable bonds is 5. The summed E-state index contributed by atoms with van der Waals surface area (Å²) in [6, 6.07) is 12.6. The number of nitrogens with one attached hydrogen (secondary N) is 1. The SMILES string of the molecule is CC1CN(C(=O)CCNS(=O)(=O)c2ccc3ccccc3c2)CC(C)O1. The van der Waals surface area contributed by atoms with Crippen LogP contribution in [0.15, 0.2) is 47.4 Å². The minimum atomic E-state index is -3.65. The zero-order valence-corrected chi connectivity index (χ0v) is 15.8. The first-order valence-corrected chi connectivity index (χ1v) is 10.3. The van der Waals surface area contributed by atoms with E-state index in [9.17, 15) is 13.2 Å². The highest BCUT2D eigenvalue weighted by Crippen LogP contribution is 2.19. The number of benzene rings is 2. The third-order valence-corrected chi connectivity index (χ3v) is 5.89. The summed E-state index contributed by atoms with van der Waals surface area (Å²) in [5.41, 5.74) is 0. The van der Waals surface area contributed by atoms with Crippen molar-refractivity contribution in [1.82, 2.24) is 9.62 Å². The number of nitrogens with zero attached hydrogens (tertiary/aromatic N) is 1. The molecule has 0 saturated carbocycles. The van der Waals surface area contributed by atoms with Gasteiger partial charge in [-0.2, -0.15) is 0 Å². The lowest BCUT2D eigenvalue weighted by molar-refractivity contribution is -0.143. The van der Waals surface area contributed by atoms with Crippen molar-refractivity contribution in [3.63, 3.8) is 0 Å². The minimum absolute atomic E-state index is 0.00279. The van der Waals surface area contributed by atoms with Crippen LogP contribution in [0.3, 0.4) is 0 Å². The maximum Gasteiger partial charge on any atom is 0.240 e. The molecule has 0 spiro atoms. The Morgan fingerprint density at radius 3 is 2.46 bits per heavy atom. The van der Waals surface area contributed by atoms with Crippen LogP contribution in [-0.2, 0) is 19.6 Å². The highest BCUT2D eigenvalue weighted by Gasteiger charge is 2.25. The lowest BCUT2D eigenvalue weighted by atomic mass is 10.1. The van der Waals surface area contributed by atoms with Gasteiger partial charge in [-0.25, -0.2) is 13.1 Å². The van der Waals surface area contributed by atoms with E-state index in [1.807, 2.05) is 38.1 Å². The second-order valence-corrected chi connectivity index (χ2v) is 8.48. The minimum Gasteiger partial charge on any atom is -0.372 e. The van der Waals surface area contributed by atoms with Crippen LogP contribution in [-0.4, -0.2) is 51.1 Å². The van der Waals surface area contributed by atoms with Gasteiger partial charge in [0.05, 0.1) is 17.1 Å². The Kier molecular flexibility index (Phi) is 5.60. The van der Waals surface area contributed by atoms with E-state index in [-0.39, 0.29) is 36.0 Å². The number of morpholine rings is 1. The molecule has 1 aliphatic heterocycles. The molecule has 1 heterocycles. The van der Waals surface area contributed by atoms with Crippen molar-refractivity contribution in [1.29, 1.82) is 0 Å². The zero-order chi connectivity index (χ0) is 18.7. The van der Waals surface area contributed by atoms with Gasteiger partial charge in [-0.05, 0) is 36.8 Å². The Bertz CT molecular complexity index is 887. The van der Waals surface area contributed by atoms with E-state index in [2.05, 4.69) is 4.72 Å². The average molecular weight is 376 g/mol. The van der Waals surface area contributed by atoms with Crippen molar-refractivity contribution in [2.45, 2.75) is 37.4 Å². The largest absolute Gasteiger partial charge is 0.372 e. The van der Waals surface area contributed by atoms with Gasteiger partial charge < -0.3 is 9.64 Å². The van der Waals surface area contributed by atoms with Crippen molar-refractivity contribution < 1.29 is 17.9 Å². The van der Waals surface area contributed by atoms with Gasteiger partial charge in [0, 0.05) is 26.1 Å². The van der Waals surface area contributed by atoms with Crippen molar-refractivity contribution in [2.24, 2.45) is 0 Å². The van der Waals surface area contributed by atoms with E-state index in [4.69, 9.17) is 4.74 Å². The van der Waals surface area contributed by atoms with Crippen LogP contribution in [0.4, 0.5) is 0 Å². The summed E-state index contributed by atoms with van der Waals surface area (Å²) in [5.74, 6) is -0.0618. The van der Waals surface area contributed by atoms with Crippen molar-refractivity contribution in [3.05, 3.63) is 42.5 Å². The van der Waals surface area contributed by atoms with Gasteiger partial charge in [-0.15, -0.1) is 0 Å². The summed E-state index contributed by atoms with van der Waals surface area (Å²) in [7, 11) is -3.65. The van der Waals surface area contributed by atoms with E-state index in [1.165, 1.54) is 0 Å². The molecule has 0 aliphatic carbocycles. The molecule has 26 heavy (non-hydrogen) atoms. The van der Waals surface area contributed by atoms with Gasteiger partial charge in [-0.1, -0.05) is 30.3 Å². The van der Waals surface area contributed by atoms with E-state index in [1.54, 1.807) is 23.1 Å². The molecule has 0 aromatic heterocycles. The quantitative estimate of drug-likeness (QED) is 0.868. The summed E-state index contributed by atoms with van der Waals surface area (Å²) in [6.07, 6.45) is 0.126. The molecule has 6 nitrogen and oxygen atoms in total. The Labute approximate surface area is 154 Å². The average Bonchev–Trinajstić information content (AvgIpc) is 2.60. The zero-order valence-electron chi connectivity index (χ0n) is 15.0. The number of sulfonamides is 1. The normalized spacial score (nSPS) is 21.1. The maximum absolute atomic E-state index is 12.5. The van der Waals surface area contributed by atoms with Crippen LogP contribution in [0, 0.1) is 0 Å². The van der Waals surface area contributed by atoms with Crippen LogP contribution in [0.5, 0.6) is 0 Å². The number of carbonyl (C=O) groups excluding carboxylic acids is 1. The van der Waals surface area contributed by atoms with Crippen LogP contribution in [0.2, 0.25) is 0 Å². The highest BCUT2D eigenvalue weighted by atomic mass is 32.2. The predicted molar refractivity (Wildman–Crippen MR) is 100 cm³/mol. The van der Waals surface area contributed by atoms with E-state index >= 15 is 0 Å². The second-order valence-electron chi connectivity index (χ2n) is 6.71. The topological polar surface area (TPSA) is 75.7 Å². The van der Waals surface area contributed by atoms with Crippen LogP contribution in [0.1, 0.15) is 20.3 Å². The molecule has 0 radical (unpaired) electrons. The number of ether oxygens (including phenoxy) is 1. The number of carbonyl (C=O) groups is 1. The van der Waals surface area contributed by atoms with E-state index < -0.39 is 10.0 Å². The van der Waals surface area contributed by atoms with E-state index in [0.29, 0.717) is 13.1 Å². The first kappa shape index (κ1) is 18.8. The van der Waals surface area contributed by atoms with Crippen LogP contribution >= 0.6 is 0 Å². The van der Waals surface area contributed by atoms with Gasteiger partial charge in [0.15, 0.2) is 0 Å².